The zero-order valence-electron chi connectivity index (χ0n) is 20.2. The maximum absolute atomic E-state index is 13.8. The van der Waals surface area contributed by atoms with Crippen molar-refractivity contribution >= 4 is 29.0 Å². The topological polar surface area (TPSA) is 97.3 Å². The number of nitrogens with one attached hydrogen (secondary N) is 1. The summed E-state index contributed by atoms with van der Waals surface area (Å²) in [6, 6.07) is 21.0. The number of hydrogen-bond acceptors (Lipinski definition) is 7. The van der Waals surface area contributed by atoms with Crippen LogP contribution in [0.3, 0.4) is 0 Å². The Labute approximate surface area is 219 Å². The SMILES string of the molecule is O=C(NC1CCCCC1)C(c1ccccn1)N(C(=O)c1csnn1)c1ccc(Oc2ccccc2)cc1. The average Bonchev–Trinajstić information content (AvgIpc) is 3.49. The Morgan fingerprint density at radius 2 is 1.65 bits per heavy atom. The number of anilines is 1. The van der Waals surface area contributed by atoms with Gasteiger partial charge in [-0.2, -0.15) is 0 Å². The Hall–Kier alpha value is -4.11. The third kappa shape index (κ3) is 6.00. The van der Waals surface area contributed by atoms with Crippen LogP contribution in [0.5, 0.6) is 11.5 Å². The number of para-hydroxylation sites is 1. The first kappa shape index (κ1) is 24.6. The molecule has 8 nitrogen and oxygen atoms in total. The van der Waals surface area contributed by atoms with Crippen LogP contribution in [-0.4, -0.2) is 32.4 Å². The fourth-order valence-electron chi connectivity index (χ4n) is 4.51. The largest absolute Gasteiger partial charge is 0.457 e. The minimum Gasteiger partial charge on any atom is -0.457 e. The standard InChI is InChI=1S/C28H27N5O3S/c34-27(30-20-9-3-1-4-10-20)26(24-13-7-8-18-29-24)33(28(35)25-19-37-32-31-25)21-14-16-23(17-15-21)36-22-11-5-2-6-12-22/h2,5-8,11-20,26H,1,3-4,9-10H2,(H,30,34). The van der Waals surface area contributed by atoms with E-state index in [1.165, 1.54) is 11.3 Å². The lowest BCUT2D eigenvalue weighted by molar-refractivity contribution is -0.123. The van der Waals surface area contributed by atoms with Gasteiger partial charge in [-0.3, -0.25) is 19.5 Å². The molecule has 4 aromatic rings. The molecule has 0 radical (unpaired) electrons. The van der Waals surface area contributed by atoms with Gasteiger partial charge in [0.05, 0.1) is 5.69 Å². The maximum atomic E-state index is 13.8. The third-order valence-electron chi connectivity index (χ3n) is 6.32. The second-order valence-electron chi connectivity index (χ2n) is 8.87. The van der Waals surface area contributed by atoms with Gasteiger partial charge in [-0.25, -0.2) is 0 Å². The Bertz CT molecular complexity index is 1290. The van der Waals surface area contributed by atoms with Gasteiger partial charge >= 0.3 is 0 Å². The zero-order chi connectivity index (χ0) is 25.5. The van der Waals surface area contributed by atoms with E-state index in [1.807, 2.05) is 36.4 Å². The number of aromatic nitrogens is 3. The quantitative estimate of drug-likeness (QED) is 0.331. The Balaban J connectivity index is 1.51. The predicted molar refractivity (Wildman–Crippen MR) is 142 cm³/mol. The van der Waals surface area contributed by atoms with E-state index in [-0.39, 0.29) is 17.6 Å². The van der Waals surface area contributed by atoms with Crippen LogP contribution in [0.2, 0.25) is 0 Å². The van der Waals surface area contributed by atoms with E-state index < -0.39 is 11.9 Å². The van der Waals surface area contributed by atoms with Crippen molar-refractivity contribution in [1.82, 2.24) is 19.9 Å². The first-order valence-electron chi connectivity index (χ1n) is 12.3. The van der Waals surface area contributed by atoms with Crippen LogP contribution in [0.25, 0.3) is 0 Å². The van der Waals surface area contributed by atoms with E-state index in [2.05, 4.69) is 19.9 Å². The minimum absolute atomic E-state index is 0.0759. The number of nitrogens with zero attached hydrogens (tertiary/aromatic N) is 4. The first-order chi connectivity index (χ1) is 18.2. The van der Waals surface area contributed by atoms with Crippen LogP contribution in [-0.2, 0) is 4.79 Å². The smallest absolute Gasteiger partial charge is 0.280 e. The van der Waals surface area contributed by atoms with E-state index >= 15 is 0 Å². The molecule has 2 aromatic carbocycles. The number of amides is 2. The monoisotopic (exact) mass is 513 g/mol. The summed E-state index contributed by atoms with van der Waals surface area (Å²) >= 11 is 1.08. The van der Waals surface area contributed by atoms with Crippen molar-refractivity contribution in [2.75, 3.05) is 4.90 Å². The van der Waals surface area contributed by atoms with Crippen LogP contribution < -0.4 is 15.0 Å². The average molecular weight is 514 g/mol. The highest BCUT2D eigenvalue weighted by Crippen LogP contribution is 2.32. The van der Waals surface area contributed by atoms with Gasteiger partial charge in [0.25, 0.3) is 5.91 Å². The van der Waals surface area contributed by atoms with Gasteiger partial charge in [0.1, 0.15) is 11.5 Å². The van der Waals surface area contributed by atoms with Gasteiger partial charge in [0.15, 0.2) is 11.7 Å². The number of pyridine rings is 1. The lowest BCUT2D eigenvalue weighted by atomic mass is 9.95. The van der Waals surface area contributed by atoms with Crippen LogP contribution >= 0.6 is 11.5 Å². The summed E-state index contributed by atoms with van der Waals surface area (Å²) in [5, 5.41) is 8.75. The van der Waals surface area contributed by atoms with Gasteiger partial charge in [0.2, 0.25) is 5.91 Å². The van der Waals surface area contributed by atoms with E-state index in [9.17, 15) is 9.59 Å². The molecule has 1 aliphatic rings. The van der Waals surface area contributed by atoms with E-state index in [0.29, 0.717) is 22.9 Å². The molecule has 1 fully saturated rings. The molecule has 5 rings (SSSR count). The number of benzene rings is 2. The number of carbonyl (C=O) groups is 2. The number of carbonyl (C=O) groups excluding carboxylic acids is 2. The summed E-state index contributed by atoms with van der Waals surface area (Å²) in [6.07, 6.45) is 6.81. The number of rotatable bonds is 8. The molecule has 1 aliphatic carbocycles. The van der Waals surface area contributed by atoms with Crippen molar-refractivity contribution in [1.29, 1.82) is 0 Å². The van der Waals surface area contributed by atoms with Crippen LogP contribution in [0.1, 0.15) is 54.3 Å². The lowest BCUT2D eigenvalue weighted by Gasteiger charge is -2.32. The van der Waals surface area contributed by atoms with E-state index in [4.69, 9.17) is 4.74 Å². The molecular weight excluding hydrogens is 486 g/mol. The van der Waals surface area contributed by atoms with E-state index in [1.54, 1.807) is 48.0 Å². The molecule has 0 aliphatic heterocycles. The molecular formula is C28H27N5O3S. The van der Waals surface area contributed by atoms with Crippen molar-refractivity contribution in [3.63, 3.8) is 0 Å². The summed E-state index contributed by atoms with van der Waals surface area (Å²) in [6.45, 7) is 0. The third-order valence-corrected chi connectivity index (χ3v) is 6.82. The van der Waals surface area contributed by atoms with Gasteiger partial charge in [-0.1, -0.05) is 48.0 Å². The van der Waals surface area contributed by atoms with Gasteiger partial charge in [0, 0.05) is 23.3 Å². The van der Waals surface area contributed by atoms with Crippen LogP contribution in [0.15, 0.2) is 84.4 Å². The molecule has 1 atom stereocenters. The Morgan fingerprint density at radius 1 is 0.919 bits per heavy atom. The van der Waals surface area contributed by atoms with Crippen LogP contribution in [0, 0.1) is 0 Å². The Kier molecular flexibility index (Phi) is 7.81. The second-order valence-corrected chi connectivity index (χ2v) is 9.48. The second kappa shape index (κ2) is 11.7. The molecule has 1 unspecified atom stereocenters. The highest BCUT2D eigenvalue weighted by molar-refractivity contribution is 7.03. The summed E-state index contributed by atoms with van der Waals surface area (Å²) in [4.78, 5) is 33.5. The number of ether oxygens (including phenoxy) is 1. The van der Waals surface area contributed by atoms with Crippen LogP contribution in [0.4, 0.5) is 5.69 Å². The van der Waals surface area contributed by atoms with Crippen molar-refractivity contribution in [3.8, 4) is 11.5 Å². The number of hydrogen-bond donors (Lipinski definition) is 1. The van der Waals surface area contributed by atoms with Crippen molar-refractivity contribution in [3.05, 3.63) is 95.8 Å². The summed E-state index contributed by atoms with van der Waals surface area (Å²) in [7, 11) is 0. The molecule has 2 amide bonds. The summed E-state index contributed by atoms with van der Waals surface area (Å²) < 4.78 is 9.78. The van der Waals surface area contributed by atoms with Crippen molar-refractivity contribution in [2.24, 2.45) is 0 Å². The molecule has 1 saturated carbocycles. The molecule has 0 spiro atoms. The fraction of sp³-hybridized carbons (Fsp3) is 0.250. The highest BCUT2D eigenvalue weighted by Gasteiger charge is 2.36. The fourth-order valence-corrected chi connectivity index (χ4v) is 4.94. The lowest BCUT2D eigenvalue weighted by Crippen LogP contribution is -2.47. The molecule has 0 bridgehead atoms. The predicted octanol–water partition coefficient (Wildman–Crippen LogP) is 5.56. The molecule has 2 aromatic heterocycles. The summed E-state index contributed by atoms with van der Waals surface area (Å²) in [5.74, 6) is 0.611. The molecule has 188 valence electrons. The van der Waals surface area contributed by atoms with Gasteiger partial charge in [-0.05, 0) is 72.9 Å². The summed E-state index contributed by atoms with van der Waals surface area (Å²) in [5.41, 5.74) is 1.16. The van der Waals surface area contributed by atoms with Gasteiger partial charge in [-0.15, -0.1) is 5.10 Å². The molecule has 9 heteroatoms. The molecule has 37 heavy (non-hydrogen) atoms. The first-order valence-corrected chi connectivity index (χ1v) is 13.2. The van der Waals surface area contributed by atoms with Crippen molar-refractivity contribution < 1.29 is 14.3 Å². The Morgan fingerprint density at radius 3 is 2.32 bits per heavy atom. The zero-order valence-corrected chi connectivity index (χ0v) is 21.0. The maximum Gasteiger partial charge on any atom is 0.280 e. The molecule has 2 heterocycles. The highest BCUT2D eigenvalue weighted by atomic mass is 32.1. The van der Waals surface area contributed by atoms with Gasteiger partial charge < -0.3 is 10.1 Å². The minimum atomic E-state index is -0.988. The van der Waals surface area contributed by atoms with Crippen molar-refractivity contribution in [2.45, 2.75) is 44.2 Å². The normalized spacial score (nSPS) is 14.5. The van der Waals surface area contributed by atoms with E-state index in [0.717, 1.165) is 37.2 Å². The molecule has 1 N–H and O–H groups in total. The molecule has 0 saturated heterocycles.